The molecule has 0 bridgehead atoms. The van der Waals surface area contributed by atoms with E-state index < -0.39 is 0 Å². The second-order valence-electron chi connectivity index (χ2n) is 6.59. The van der Waals surface area contributed by atoms with Gasteiger partial charge in [-0.1, -0.05) is 68.4 Å². The molecule has 114 valence electrons. The van der Waals surface area contributed by atoms with Crippen LogP contribution in [0.5, 0.6) is 5.75 Å². The standard InChI is InChI=1S/C22H20O/c1-14(2)17-11-10-16(13-22(17)23)19-8-5-9-20-18-7-4-3-6-15(18)12-21(19)20/h3-11,13-14,23H,12H2,1-2H3. The number of aromatic hydroxyl groups is 1. The quantitative estimate of drug-likeness (QED) is 0.499. The molecule has 3 aromatic rings. The summed E-state index contributed by atoms with van der Waals surface area (Å²) in [6.45, 7) is 4.21. The maximum atomic E-state index is 10.3. The van der Waals surface area contributed by atoms with Gasteiger partial charge < -0.3 is 5.11 Å². The summed E-state index contributed by atoms with van der Waals surface area (Å²) in [5, 5.41) is 10.3. The lowest BCUT2D eigenvalue weighted by Crippen LogP contribution is -1.91. The average molecular weight is 300 g/mol. The molecule has 0 aromatic heterocycles. The summed E-state index contributed by atoms with van der Waals surface area (Å²) in [4.78, 5) is 0. The van der Waals surface area contributed by atoms with Gasteiger partial charge in [-0.05, 0) is 57.3 Å². The topological polar surface area (TPSA) is 20.2 Å². The Morgan fingerprint density at radius 3 is 2.35 bits per heavy atom. The molecule has 0 atom stereocenters. The summed E-state index contributed by atoms with van der Waals surface area (Å²) in [6, 6.07) is 21.2. The highest BCUT2D eigenvalue weighted by molar-refractivity contribution is 5.85. The molecule has 1 nitrogen and oxygen atoms in total. The molecule has 1 N–H and O–H groups in total. The molecule has 0 amide bonds. The Bertz CT molecular complexity index is 890. The van der Waals surface area contributed by atoms with Crippen LogP contribution in [0.2, 0.25) is 0 Å². The Hall–Kier alpha value is -2.54. The van der Waals surface area contributed by atoms with Crippen molar-refractivity contribution in [2.75, 3.05) is 0 Å². The van der Waals surface area contributed by atoms with Gasteiger partial charge in [0.2, 0.25) is 0 Å². The van der Waals surface area contributed by atoms with Crippen LogP contribution in [0.4, 0.5) is 0 Å². The molecule has 0 spiro atoms. The molecular weight excluding hydrogens is 280 g/mol. The van der Waals surface area contributed by atoms with Crippen LogP contribution in [0.1, 0.15) is 36.5 Å². The van der Waals surface area contributed by atoms with Crippen LogP contribution in [0, 0.1) is 0 Å². The van der Waals surface area contributed by atoms with E-state index in [0.717, 1.165) is 17.5 Å². The number of phenolic OH excluding ortho intramolecular Hbond substituents is 1. The minimum Gasteiger partial charge on any atom is -0.508 e. The minimum atomic E-state index is 0.329. The molecule has 0 fully saturated rings. The van der Waals surface area contributed by atoms with E-state index in [0.29, 0.717) is 11.7 Å². The second-order valence-corrected chi connectivity index (χ2v) is 6.59. The molecule has 1 aliphatic rings. The zero-order valence-corrected chi connectivity index (χ0v) is 13.5. The van der Waals surface area contributed by atoms with Gasteiger partial charge in [0.05, 0.1) is 0 Å². The highest BCUT2D eigenvalue weighted by Crippen LogP contribution is 2.42. The molecule has 4 rings (SSSR count). The largest absolute Gasteiger partial charge is 0.508 e. The number of hydrogen-bond acceptors (Lipinski definition) is 1. The minimum absolute atomic E-state index is 0.329. The summed E-state index contributed by atoms with van der Waals surface area (Å²) >= 11 is 0. The van der Waals surface area contributed by atoms with Crippen LogP contribution in [-0.2, 0) is 6.42 Å². The van der Waals surface area contributed by atoms with Crippen molar-refractivity contribution in [3.05, 3.63) is 77.4 Å². The van der Waals surface area contributed by atoms with Crippen LogP contribution in [0.15, 0.2) is 60.7 Å². The fourth-order valence-corrected chi connectivity index (χ4v) is 3.63. The Kier molecular flexibility index (Phi) is 3.23. The number of hydrogen-bond donors (Lipinski definition) is 1. The third-order valence-corrected chi connectivity index (χ3v) is 4.81. The molecule has 23 heavy (non-hydrogen) atoms. The average Bonchev–Trinajstić information content (AvgIpc) is 2.93. The van der Waals surface area contributed by atoms with Crippen LogP contribution in [0.25, 0.3) is 22.3 Å². The summed E-state index contributed by atoms with van der Waals surface area (Å²) in [7, 11) is 0. The first kappa shape index (κ1) is 14.1. The molecule has 0 saturated carbocycles. The van der Waals surface area contributed by atoms with Crippen molar-refractivity contribution in [3.8, 4) is 28.0 Å². The van der Waals surface area contributed by atoms with E-state index in [-0.39, 0.29) is 0 Å². The molecule has 0 unspecified atom stereocenters. The molecule has 0 saturated heterocycles. The fraction of sp³-hybridized carbons (Fsp3) is 0.182. The lowest BCUT2D eigenvalue weighted by atomic mass is 9.93. The van der Waals surface area contributed by atoms with Gasteiger partial charge in [0.25, 0.3) is 0 Å². The number of benzene rings is 3. The van der Waals surface area contributed by atoms with E-state index in [4.69, 9.17) is 0 Å². The van der Waals surface area contributed by atoms with Crippen molar-refractivity contribution < 1.29 is 5.11 Å². The van der Waals surface area contributed by atoms with E-state index in [1.807, 2.05) is 6.07 Å². The van der Waals surface area contributed by atoms with Gasteiger partial charge >= 0.3 is 0 Å². The Labute approximate surface area is 137 Å². The summed E-state index contributed by atoms with van der Waals surface area (Å²) in [5.41, 5.74) is 8.74. The highest BCUT2D eigenvalue weighted by Gasteiger charge is 2.21. The first-order valence-corrected chi connectivity index (χ1v) is 8.18. The Balaban J connectivity index is 1.85. The first-order chi connectivity index (χ1) is 11.1. The smallest absolute Gasteiger partial charge is 0.119 e. The van der Waals surface area contributed by atoms with E-state index in [1.165, 1.54) is 27.8 Å². The van der Waals surface area contributed by atoms with Gasteiger partial charge in [0, 0.05) is 0 Å². The third-order valence-electron chi connectivity index (χ3n) is 4.81. The maximum Gasteiger partial charge on any atom is 0.119 e. The molecular formula is C22H20O. The predicted molar refractivity (Wildman–Crippen MR) is 95.9 cm³/mol. The van der Waals surface area contributed by atoms with Crippen molar-refractivity contribution in [1.29, 1.82) is 0 Å². The lowest BCUT2D eigenvalue weighted by molar-refractivity contribution is 0.465. The molecule has 3 aromatic carbocycles. The van der Waals surface area contributed by atoms with Crippen LogP contribution in [-0.4, -0.2) is 5.11 Å². The van der Waals surface area contributed by atoms with Gasteiger partial charge in [0.15, 0.2) is 0 Å². The number of phenols is 1. The van der Waals surface area contributed by atoms with Crippen LogP contribution in [0.3, 0.4) is 0 Å². The van der Waals surface area contributed by atoms with Crippen LogP contribution < -0.4 is 0 Å². The predicted octanol–water partition coefficient (Wildman–Crippen LogP) is 5.75. The van der Waals surface area contributed by atoms with Crippen LogP contribution >= 0.6 is 0 Å². The van der Waals surface area contributed by atoms with E-state index >= 15 is 0 Å². The van der Waals surface area contributed by atoms with Crippen molar-refractivity contribution in [2.24, 2.45) is 0 Å². The molecule has 0 heterocycles. The molecule has 0 aliphatic heterocycles. The van der Waals surface area contributed by atoms with Crippen molar-refractivity contribution in [2.45, 2.75) is 26.2 Å². The summed E-state index contributed by atoms with van der Waals surface area (Å²) in [5.74, 6) is 0.723. The van der Waals surface area contributed by atoms with Crippen molar-refractivity contribution in [1.82, 2.24) is 0 Å². The van der Waals surface area contributed by atoms with E-state index in [9.17, 15) is 5.11 Å². The monoisotopic (exact) mass is 300 g/mol. The highest BCUT2D eigenvalue weighted by atomic mass is 16.3. The zero-order valence-electron chi connectivity index (χ0n) is 13.5. The number of fused-ring (bicyclic) bond motifs is 3. The number of rotatable bonds is 2. The fourth-order valence-electron chi connectivity index (χ4n) is 3.63. The molecule has 1 aliphatic carbocycles. The zero-order chi connectivity index (χ0) is 16.0. The summed E-state index contributed by atoms with van der Waals surface area (Å²) < 4.78 is 0. The van der Waals surface area contributed by atoms with E-state index in [2.05, 4.69) is 68.4 Å². The van der Waals surface area contributed by atoms with Gasteiger partial charge in [-0.2, -0.15) is 0 Å². The second kappa shape index (κ2) is 5.27. The molecule has 1 heteroatoms. The lowest BCUT2D eigenvalue weighted by Gasteiger charge is -2.13. The Morgan fingerprint density at radius 1 is 0.826 bits per heavy atom. The SMILES string of the molecule is CC(C)c1ccc(-c2cccc3c2Cc2ccccc2-3)cc1O. The van der Waals surface area contributed by atoms with Gasteiger partial charge in [-0.15, -0.1) is 0 Å². The Morgan fingerprint density at radius 2 is 1.57 bits per heavy atom. The maximum absolute atomic E-state index is 10.3. The van der Waals surface area contributed by atoms with Crippen molar-refractivity contribution in [3.63, 3.8) is 0 Å². The first-order valence-electron chi connectivity index (χ1n) is 8.18. The van der Waals surface area contributed by atoms with Gasteiger partial charge in [-0.3, -0.25) is 0 Å². The normalized spacial score (nSPS) is 12.3. The molecule has 0 radical (unpaired) electrons. The summed E-state index contributed by atoms with van der Waals surface area (Å²) in [6.07, 6.45) is 0.967. The van der Waals surface area contributed by atoms with E-state index in [1.54, 1.807) is 0 Å². The van der Waals surface area contributed by atoms with Gasteiger partial charge in [-0.25, -0.2) is 0 Å². The van der Waals surface area contributed by atoms with Gasteiger partial charge in [0.1, 0.15) is 5.75 Å². The van der Waals surface area contributed by atoms with Crippen molar-refractivity contribution >= 4 is 0 Å². The third kappa shape index (κ3) is 2.24.